The molecule has 0 saturated carbocycles. The molecule has 0 aliphatic carbocycles. The first-order valence-corrected chi connectivity index (χ1v) is 15.1. The number of benzene rings is 2. The fourth-order valence-electron chi connectivity index (χ4n) is 6.33. The summed E-state index contributed by atoms with van der Waals surface area (Å²) in [6, 6.07) is 15.2. The number of anilines is 1. The van der Waals surface area contributed by atoms with Crippen molar-refractivity contribution in [2.45, 2.75) is 57.7 Å². The Kier molecular flexibility index (Phi) is 8.34. The molecule has 0 bridgehead atoms. The molecule has 2 saturated heterocycles. The van der Waals surface area contributed by atoms with Crippen LogP contribution >= 0.6 is 0 Å². The first kappa shape index (κ1) is 29.4. The molecule has 226 valence electrons. The molecule has 3 aliphatic rings. The molecule has 3 amide bonds. The fourth-order valence-corrected chi connectivity index (χ4v) is 6.33. The maximum absolute atomic E-state index is 13.0. The van der Waals surface area contributed by atoms with Crippen LogP contribution in [0.3, 0.4) is 0 Å². The summed E-state index contributed by atoms with van der Waals surface area (Å²) < 4.78 is 0. The summed E-state index contributed by atoms with van der Waals surface area (Å²) in [6.45, 7) is 4.94. The van der Waals surface area contributed by atoms with Crippen LogP contribution in [0.4, 0.5) is 11.4 Å². The zero-order valence-electron chi connectivity index (χ0n) is 25.0. The van der Waals surface area contributed by atoms with Gasteiger partial charge in [0.15, 0.2) is 6.29 Å². The Morgan fingerprint density at radius 3 is 2.59 bits per heavy atom. The SMILES string of the molecule is Cc1ccc(N(C)/C=N\c2ccc(CN3CCC(c4ccc5c(c4)CN(C4CCC(=O)NC4=O)C5=O)CC3)cc2C=O)cn1. The number of piperidine rings is 2. The van der Waals surface area contributed by atoms with Crippen LogP contribution in [0.5, 0.6) is 0 Å². The van der Waals surface area contributed by atoms with E-state index in [9.17, 15) is 19.2 Å². The number of likely N-dealkylation sites (tertiary alicyclic amines) is 1. The van der Waals surface area contributed by atoms with Gasteiger partial charge < -0.3 is 9.80 Å². The quantitative estimate of drug-likeness (QED) is 0.181. The number of fused-ring (bicyclic) bond motifs is 1. The lowest BCUT2D eigenvalue weighted by molar-refractivity contribution is -0.136. The van der Waals surface area contributed by atoms with Crippen LogP contribution in [0.2, 0.25) is 0 Å². The zero-order valence-corrected chi connectivity index (χ0v) is 25.0. The first-order valence-electron chi connectivity index (χ1n) is 15.1. The lowest BCUT2D eigenvalue weighted by Crippen LogP contribution is -2.52. The Labute approximate surface area is 256 Å². The Hall–Kier alpha value is -4.70. The summed E-state index contributed by atoms with van der Waals surface area (Å²) in [7, 11) is 1.90. The fraction of sp³-hybridized carbons (Fsp3) is 0.353. The Morgan fingerprint density at radius 2 is 1.86 bits per heavy atom. The van der Waals surface area contributed by atoms with Gasteiger partial charge in [-0.25, -0.2) is 4.99 Å². The normalized spacial score (nSPS) is 19.4. The number of aromatic nitrogens is 1. The largest absolute Gasteiger partial charge is 0.334 e. The maximum Gasteiger partial charge on any atom is 0.255 e. The van der Waals surface area contributed by atoms with Crippen molar-refractivity contribution in [1.29, 1.82) is 0 Å². The predicted molar refractivity (Wildman–Crippen MR) is 167 cm³/mol. The number of rotatable bonds is 8. The van der Waals surface area contributed by atoms with Crippen molar-refractivity contribution in [3.05, 3.63) is 88.2 Å². The zero-order chi connectivity index (χ0) is 30.8. The van der Waals surface area contributed by atoms with Gasteiger partial charge >= 0.3 is 0 Å². The van der Waals surface area contributed by atoms with Crippen molar-refractivity contribution in [2.75, 3.05) is 25.0 Å². The Balaban J connectivity index is 1.05. The second kappa shape index (κ2) is 12.5. The summed E-state index contributed by atoms with van der Waals surface area (Å²) in [5.41, 5.74) is 6.93. The van der Waals surface area contributed by atoms with E-state index in [1.807, 2.05) is 61.3 Å². The van der Waals surface area contributed by atoms with Gasteiger partial charge in [-0.1, -0.05) is 18.2 Å². The third-order valence-electron chi connectivity index (χ3n) is 8.90. The molecule has 3 aromatic rings. The van der Waals surface area contributed by atoms with E-state index in [0.717, 1.165) is 61.3 Å². The standard InChI is InChI=1S/C34H36N6O4/c1-22-3-6-28(17-35-22)38(2)21-36-30-8-4-23(15-27(30)20-41)18-39-13-11-24(12-14-39)25-5-7-29-26(16-25)19-40(34(29)44)31-9-10-32(42)37-33(31)43/h3-8,15-17,20-21,24,31H,9-14,18-19H2,1-2H3,(H,37,42,43)/b36-21-. The molecule has 6 rings (SSSR count). The molecule has 1 unspecified atom stereocenters. The topological polar surface area (TPSA) is 115 Å². The average molecular weight is 593 g/mol. The van der Waals surface area contributed by atoms with Gasteiger partial charge in [0.25, 0.3) is 5.91 Å². The molecular weight excluding hydrogens is 556 g/mol. The van der Waals surface area contributed by atoms with Gasteiger partial charge in [-0.15, -0.1) is 0 Å². The number of amides is 3. The molecule has 3 aliphatic heterocycles. The molecule has 1 aromatic heterocycles. The smallest absolute Gasteiger partial charge is 0.255 e. The minimum atomic E-state index is -0.600. The summed E-state index contributed by atoms with van der Waals surface area (Å²) in [5.74, 6) is -0.423. The molecule has 10 nitrogen and oxygen atoms in total. The number of pyridine rings is 1. The molecule has 44 heavy (non-hydrogen) atoms. The van der Waals surface area contributed by atoms with Crippen molar-refractivity contribution < 1.29 is 19.2 Å². The maximum atomic E-state index is 13.0. The second-order valence-electron chi connectivity index (χ2n) is 11.9. The van der Waals surface area contributed by atoms with Crippen LogP contribution in [-0.4, -0.2) is 71.3 Å². The highest BCUT2D eigenvalue weighted by atomic mass is 16.2. The number of nitrogens with one attached hydrogen (secondary N) is 1. The molecule has 0 radical (unpaired) electrons. The summed E-state index contributed by atoms with van der Waals surface area (Å²) in [6.07, 6.45) is 6.94. The van der Waals surface area contributed by atoms with Gasteiger partial charge in [0.1, 0.15) is 6.04 Å². The van der Waals surface area contributed by atoms with E-state index in [0.29, 0.717) is 35.7 Å². The molecule has 2 aromatic carbocycles. The van der Waals surface area contributed by atoms with Gasteiger partial charge in [0.05, 0.1) is 23.9 Å². The molecule has 0 spiro atoms. The lowest BCUT2D eigenvalue weighted by atomic mass is 9.87. The summed E-state index contributed by atoms with van der Waals surface area (Å²) >= 11 is 0. The van der Waals surface area contributed by atoms with Crippen LogP contribution in [0.15, 0.2) is 59.7 Å². The number of hydrogen-bond donors (Lipinski definition) is 1. The van der Waals surface area contributed by atoms with Crippen molar-refractivity contribution in [1.82, 2.24) is 20.1 Å². The van der Waals surface area contributed by atoms with Gasteiger partial charge in [-0.2, -0.15) is 0 Å². The highest BCUT2D eigenvalue weighted by molar-refractivity contribution is 6.05. The third-order valence-corrected chi connectivity index (χ3v) is 8.90. The third kappa shape index (κ3) is 6.16. The van der Waals surface area contributed by atoms with Crippen molar-refractivity contribution in [3.8, 4) is 0 Å². The minimum Gasteiger partial charge on any atom is -0.334 e. The number of carbonyl (C=O) groups is 4. The molecule has 1 N–H and O–H groups in total. The van der Waals surface area contributed by atoms with E-state index in [-0.39, 0.29) is 24.1 Å². The predicted octanol–water partition coefficient (Wildman–Crippen LogP) is 4.14. The van der Waals surface area contributed by atoms with Crippen LogP contribution < -0.4 is 10.2 Å². The number of aryl methyl sites for hydroxylation is 1. The highest BCUT2D eigenvalue weighted by Gasteiger charge is 2.39. The first-order chi connectivity index (χ1) is 21.3. The van der Waals surface area contributed by atoms with E-state index in [4.69, 9.17) is 0 Å². The van der Waals surface area contributed by atoms with Crippen LogP contribution in [-0.2, 0) is 22.7 Å². The van der Waals surface area contributed by atoms with Crippen molar-refractivity contribution >= 4 is 41.7 Å². The van der Waals surface area contributed by atoms with E-state index in [1.165, 1.54) is 5.56 Å². The van der Waals surface area contributed by atoms with Gasteiger partial charge in [0.2, 0.25) is 11.8 Å². The Bertz CT molecular complexity index is 1630. The summed E-state index contributed by atoms with van der Waals surface area (Å²) in [4.78, 5) is 63.6. The number of carbonyl (C=O) groups excluding carboxylic acids is 4. The lowest BCUT2D eigenvalue weighted by Gasteiger charge is -2.32. The Morgan fingerprint density at radius 1 is 1.05 bits per heavy atom. The van der Waals surface area contributed by atoms with Crippen LogP contribution in [0.1, 0.15) is 74.7 Å². The second-order valence-corrected chi connectivity index (χ2v) is 11.9. The molecule has 10 heteroatoms. The number of nitrogens with zero attached hydrogens (tertiary/aromatic N) is 5. The van der Waals surface area contributed by atoms with Crippen molar-refractivity contribution in [2.24, 2.45) is 4.99 Å². The van der Waals surface area contributed by atoms with Gasteiger partial charge in [-0.05, 0) is 92.2 Å². The molecule has 1 atom stereocenters. The monoisotopic (exact) mass is 592 g/mol. The number of aldehydes is 1. The molecule has 2 fully saturated rings. The summed E-state index contributed by atoms with van der Waals surface area (Å²) in [5, 5.41) is 2.36. The molecular formula is C34H36N6O4. The van der Waals surface area contributed by atoms with Crippen LogP contribution in [0, 0.1) is 6.92 Å². The minimum absolute atomic E-state index is 0.141. The van der Waals surface area contributed by atoms with Crippen molar-refractivity contribution in [3.63, 3.8) is 0 Å². The van der Waals surface area contributed by atoms with E-state index >= 15 is 0 Å². The van der Waals surface area contributed by atoms with E-state index in [2.05, 4.69) is 26.3 Å². The number of hydrogen-bond acceptors (Lipinski definition) is 7. The van der Waals surface area contributed by atoms with E-state index in [1.54, 1.807) is 17.4 Å². The van der Waals surface area contributed by atoms with Crippen LogP contribution in [0.25, 0.3) is 0 Å². The highest BCUT2D eigenvalue weighted by Crippen LogP contribution is 2.34. The van der Waals surface area contributed by atoms with Gasteiger partial charge in [-0.3, -0.25) is 34.4 Å². The van der Waals surface area contributed by atoms with E-state index < -0.39 is 6.04 Å². The van der Waals surface area contributed by atoms with Gasteiger partial charge in [0, 0.05) is 43.4 Å². The molecule has 4 heterocycles. The average Bonchev–Trinajstić information content (AvgIpc) is 3.36. The number of imide groups is 1. The number of aliphatic imine (C=N–C) groups is 1.